The van der Waals surface area contributed by atoms with Gasteiger partial charge in [-0.2, -0.15) is 0 Å². The standard InChI is InChI=1S/C8H15IN2O2/c1-4-10-8(13)6(3)11-7(12)5(2)9/h5-6H,4H2,1-3H3,(H,10,13)(H,11,12)/t5-,6-/m1/s1. The van der Waals surface area contributed by atoms with Gasteiger partial charge in [-0.3, -0.25) is 9.59 Å². The molecule has 0 radical (unpaired) electrons. The zero-order chi connectivity index (χ0) is 10.4. The molecular formula is C8H15IN2O2. The van der Waals surface area contributed by atoms with E-state index in [0.29, 0.717) is 6.54 Å². The van der Waals surface area contributed by atoms with Crippen molar-refractivity contribution in [2.45, 2.75) is 30.7 Å². The predicted octanol–water partition coefficient (Wildman–Crippen LogP) is 0.451. The van der Waals surface area contributed by atoms with E-state index in [0.717, 1.165) is 0 Å². The molecule has 5 heteroatoms. The minimum Gasteiger partial charge on any atom is -0.355 e. The molecule has 0 spiro atoms. The molecular weight excluding hydrogens is 283 g/mol. The Hall–Kier alpha value is -0.330. The van der Waals surface area contributed by atoms with Crippen LogP contribution in [-0.4, -0.2) is 28.3 Å². The summed E-state index contributed by atoms with van der Waals surface area (Å²) in [5.74, 6) is -0.257. The largest absolute Gasteiger partial charge is 0.355 e. The van der Waals surface area contributed by atoms with E-state index in [9.17, 15) is 9.59 Å². The first kappa shape index (κ1) is 12.7. The molecule has 0 rings (SSSR count). The van der Waals surface area contributed by atoms with Gasteiger partial charge in [0, 0.05) is 6.54 Å². The lowest BCUT2D eigenvalue weighted by atomic mass is 10.3. The summed E-state index contributed by atoms with van der Waals surface area (Å²) in [6, 6.07) is -0.454. The summed E-state index contributed by atoms with van der Waals surface area (Å²) in [6.07, 6.45) is 0. The predicted molar refractivity (Wildman–Crippen MR) is 59.8 cm³/mol. The van der Waals surface area contributed by atoms with Crippen molar-refractivity contribution in [1.29, 1.82) is 0 Å². The molecule has 0 aliphatic heterocycles. The lowest BCUT2D eigenvalue weighted by molar-refractivity contribution is -0.127. The van der Waals surface area contributed by atoms with Crippen molar-refractivity contribution in [2.24, 2.45) is 0 Å². The van der Waals surface area contributed by atoms with Gasteiger partial charge in [-0.1, -0.05) is 22.6 Å². The van der Waals surface area contributed by atoms with Crippen LogP contribution in [0.1, 0.15) is 20.8 Å². The van der Waals surface area contributed by atoms with Crippen LogP contribution in [0.5, 0.6) is 0 Å². The van der Waals surface area contributed by atoms with Crippen molar-refractivity contribution in [2.75, 3.05) is 6.54 Å². The van der Waals surface area contributed by atoms with Crippen molar-refractivity contribution < 1.29 is 9.59 Å². The molecule has 0 heterocycles. The average molecular weight is 298 g/mol. The van der Waals surface area contributed by atoms with E-state index in [1.807, 2.05) is 29.5 Å². The number of amides is 2. The summed E-state index contributed by atoms with van der Waals surface area (Å²) in [7, 11) is 0. The zero-order valence-corrected chi connectivity index (χ0v) is 10.2. The maximum absolute atomic E-state index is 11.2. The highest BCUT2D eigenvalue weighted by Crippen LogP contribution is 1.98. The van der Waals surface area contributed by atoms with Crippen molar-refractivity contribution in [1.82, 2.24) is 10.6 Å². The van der Waals surface area contributed by atoms with Gasteiger partial charge in [0.05, 0.1) is 3.92 Å². The van der Waals surface area contributed by atoms with Crippen LogP contribution in [0.15, 0.2) is 0 Å². The Balaban J connectivity index is 3.92. The number of halogens is 1. The first-order chi connectivity index (χ1) is 5.99. The molecule has 2 N–H and O–H groups in total. The third-order valence-electron chi connectivity index (χ3n) is 1.46. The molecule has 4 nitrogen and oxygen atoms in total. The van der Waals surface area contributed by atoms with Crippen LogP contribution in [-0.2, 0) is 9.59 Å². The number of hydrogen-bond acceptors (Lipinski definition) is 2. The fourth-order valence-corrected chi connectivity index (χ4v) is 0.901. The van der Waals surface area contributed by atoms with Gasteiger partial charge < -0.3 is 10.6 Å². The Kier molecular flexibility index (Phi) is 6.02. The summed E-state index contributed by atoms with van der Waals surface area (Å²) >= 11 is 2.00. The van der Waals surface area contributed by atoms with E-state index in [-0.39, 0.29) is 15.7 Å². The third-order valence-corrected chi connectivity index (χ3v) is 2.03. The van der Waals surface area contributed by atoms with E-state index in [4.69, 9.17) is 0 Å². The number of carbonyl (C=O) groups is 2. The molecule has 0 saturated heterocycles. The Morgan fingerprint density at radius 3 is 2.23 bits per heavy atom. The van der Waals surface area contributed by atoms with Gasteiger partial charge in [0.15, 0.2) is 0 Å². The highest BCUT2D eigenvalue weighted by atomic mass is 127. The second-order valence-electron chi connectivity index (χ2n) is 2.74. The minimum atomic E-state index is -0.454. The molecule has 13 heavy (non-hydrogen) atoms. The SMILES string of the molecule is CCNC(=O)[C@@H](C)NC(=O)[C@@H](C)I. The average Bonchev–Trinajstić information content (AvgIpc) is 2.04. The molecule has 0 fully saturated rings. The van der Waals surface area contributed by atoms with E-state index >= 15 is 0 Å². The van der Waals surface area contributed by atoms with Crippen LogP contribution in [0.2, 0.25) is 0 Å². The van der Waals surface area contributed by atoms with Gasteiger partial charge in [0.25, 0.3) is 0 Å². The highest BCUT2D eigenvalue weighted by Gasteiger charge is 2.16. The first-order valence-corrected chi connectivity index (χ1v) is 5.45. The molecule has 0 aromatic rings. The van der Waals surface area contributed by atoms with Crippen LogP contribution < -0.4 is 10.6 Å². The van der Waals surface area contributed by atoms with Crippen LogP contribution >= 0.6 is 22.6 Å². The lowest BCUT2D eigenvalue weighted by Gasteiger charge is -2.13. The molecule has 0 aliphatic rings. The van der Waals surface area contributed by atoms with Crippen molar-refractivity contribution in [3.05, 3.63) is 0 Å². The van der Waals surface area contributed by atoms with Gasteiger partial charge >= 0.3 is 0 Å². The molecule has 2 amide bonds. The number of alkyl halides is 1. The Morgan fingerprint density at radius 2 is 1.85 bits per heavy atom. The number of hydrogen-bond donors (Lipinski definition) is 2. The molecule has 0 unspecified atom stereocenters. The van der Waals surface area contributed by atoms with Crippen LogP contribution in [0.3, 0.4) is 0 Å². The van der Waals surface area contributed by atoms with E-state index in [1.54, 1.807) is 13.8 Å². The van der Waals surface area contributed by atoms with Gasteiger partial charge in [0.2, 0.25) is 11.8 Å². The third kappa shape index (κ3) is 5.07. The fourth-order valence-electron chi connectivity index (χ4n) is 0.721. The Bertz CT molecular complexity index is 195. The second kappa shape index (κ2) is 6.17. The Morgan fingerprint density at radius 1 is 1.31 bits per heavy atom. The number of rotatable bonds is 4. The van der Waals surface area contributed by atoms with Gasteiger partial charge in [0.1, 0.15) is 6.04 Å². The maximum atomic E-state index is 11.2. The van der Waals surface area contributed by atoms with E-state index in [1.165, 1.54) is 0 Å². The summed E-state index contributed by atoms with van der Waals surface area (Å²) < 4.78 is -0.116. The molecule has 2 atom stereocenters. The monoisotopic (exact) mass is 298 g/mol. The van der Waals surface area contributed by atoms with E-state index in [2.05, 4.69) is 10.6 Å². The lowest BCUT2D eigenvalue weighted by Crippen LogP contribution is -2.46. The van der Waals surface area contributed by atoms with Crippen molar-refractivity contribution >= 4 is 34.4 Å². The van der Waals surface area contributed by atoms with Gasteiger partial charge in [-0.25, -0.2) is 0 Å². The molecule has 0 aromatic carbocycles. The van der Waals surface area contributed by atoms with Crippen LogP contribution in [0.25, 0.3) is 0 Å². The second-order valence-corrected chi connectivity index (χ2v) is 4.61. The molecule has 0 bridgehead atoms. The van der Waals surface area contributed by atoms with Crippen molar-refractivity contribution in [3.63, 3.8) is 0 Å². The van der Waals surface area contributed by atoms with Crippen LogP contribution in [0.4, 0.5) is 0 Å². The number of carbonyl (C=O) groups excluding carboxylic acids is 2. The summed E-state index contributed by atoms with van der Waals surface area (Å²) in [5.41, 5.74) is 0. The zero-order valence-electron chi connectivity index (χ0n) is 8.06. The van der Waals surface area contributed by atoms with Crippen molar-refractivity contribution in [3.8, 4) is 0 Å². The number of nitrogens with one attached hydrogen (secondary N) is 2. The quantitative estimate of drug-likeness (QED) is 0.585. The summed E-state index contributed by atoms with van der Waals surface area (Å²) in [4.78, 5) is 22.3. The molecule has 0 saturated carbocycles. The minimum absolute atomic E-state index is 0.112. The smallest absolute Gasteiger partial charge is 0.242 e. The maximum Gasteiger partial charge on any atom is 0.242 e. The normalized spacial score (nSPS) is 14.5. The van der Waals surface area contributed by atoms with E-state index < -0.39 is 6.04 Å². The Labute approximate surface area is 92.0 Å². The van der Waals surface area contributed by atoms with Crippen LogP contribution in [0, 0.1) is 0 Å². The van der Waals surface area contributed by atoms with Gasteiger partial charge in [-0.15, -0.1) is 0 Å². The highest BCUT2D eigenvalue weighted by molar-refractivity contribution is 14.1. The molecule has 76 valence electrons. The molecule has 0 aromatic heterocycles. The molecule has 0 aliphatic carbocycles. The summed E-state index contributed by atoms with van der Waals surface area (Å²) in [6.45, 7) is 5.87. The fraction of sp³-hybridized carbons (Fsp3) is 0.750. The van der Waals surface area contributed by atoms with Gasteiger partial charge in [-0.05, 0) is 20.8 Å². The topological polar surface area (TPSA) is 58.2 Å². The first-order valence-electron chi connectivity index (χ1n) is 4.21. The summed E-state index contributed by atoms with van der Waals surface area (Å²) in [5, 5.41) is 5.24. The number of likely N-dealkylation sites (N-methyl/N-ethyl adjacent to an activating group) is 1.